The Labute approximate surface area is 212 Å². The Morgan fingerprint density at radius 1 is 1.29 bits per heavy atom. The van der Waals surface area contributed by atoms with Crippen LogP contribution in [0.5, 0.6) is 0 Å². The van der Waals surface area contributed by atoms with Gasteiger partial charge in [0.05, 0.1) is 29.3 Å². The lowest BCUT2D eigenvalue weighted by Gasteiger charge is -2.50. The second-order valence-electron chi connectivity index (χ2n) is 11.2. The van der Waals surface area contributed by atoms with Gasteiger partial charge in [-0.15, -0.1) is 0 Å². The Kier molecular flexibility index (Phi) is 7.63. The maximum Gasteiger partial charge on any atom is 0.276 e. The lowest BCUT2D eigenvalue weighted by Crippen LogP contribution is -2.56. The highest BCUT2D eigenvalue weighted by Crippen LogP contribution is 2.47. The summed E-state index contributed by atoms with van der Waals surface area (Å²) in [7, 11) is -2.11. The Balaban J connectivity index is 1.90. The number of nitrogens with one attached hydrogen (secondary N) is 1. The van der Waals surface area contributed by atoms with Crippen molar-refractivity contribution in [2.24, 2.45) is 5.92 Å². The molecule has 7 nitrogen and oxygen atoms in total. The number of hydrogen-bond acceptors (Lipinski definition) is 6. The quantitative estimate of drug-likeness (QED) is 0.325. The van der Waals surface area contributed by atoms with Crippen LogP contribution in [0, 0.1) is 5.92 Å². The molecule has 0 unspecified atom stereocenters. The van der Waals surface area contributed by atoms with Gasteiger partial charge >= 0.3 is 0 Å². The number of aromatic nitrogens is 2. The van der Waals surface area contributed by atoms with Gasteiger partial charge in [-0.05, 0) is 89.4 Å². The minimum Gasteiger partial charge on any atom is -0.411 e. The molecule has 1 saturated carbocycles. The third kappa shape index (κ3) is 5.53. The summed E-state index contributed by atoms with van der Waals surface area (Å²) in [4.78, 5) is 21.5. The van der Waals surface area contributed by atoms with Gasteiger partial charge in [0.1, 0.15) is 4.60 Å². The minimum atomic E-state index is -2.11. The van der Waals surface area contributed by atoms with Gasteiger partial charge in [0.2, 0.25) is 0 Å². The number of aliphatic hydroxyl groups is 1. The fraction of sp³-hybridized carbons (Fsp3) is 0.560. The Hall–Kier alpha value is -1.81. The minimum absolute atomic E-state index is 0.0140. The van der Waals surface area contributed by atoms with E-state index in [1.165, 1.54) is 0 Å². The number of nitrogens with zero attached hydrogens (tertiary/aromatic N) is 2. The van der Waals surface area contributed by atoms with Gasteiger partial charge in [-0.25, -0.2) is 4.98 Å². The number of carbonyl (C=O) groups is 1. The van der Waals surface area contributed by atoms with E-state index in [2.05, 4.69) is 72.0 Å². The van der Waals surface area contributed by atoms with Gasteiger partial charge in [0.25, 0.3) is 5.91 Å². The van der Waals surface area contributed by atoms with Crippen molar-refractivity contribution in [1.29, 1.82) is 0 Å². The largest absolute Gasteiger partial charge is 0.411 e. The average molecular weight is 550 g/mol. The summed E-state index contributed by atoms with van der Waals surface area (Å²) in [6.45, 7) is 15.0. The summed E-state index contributed by atoms with van der Waals surface area (Å²) in [6, 6.07) is 5.28. The summed E-state index contributed by atoms with van der Waals surface area (Å²) >= 11 is 3.30. The Morgan fingerprint density at radius 3 is 2.62 bits per heavy atom. The highest BCUT2D eigenvalue weighted by Gasteiger charge is 2.49. The first-order valence-electron chi connectivity index (χ1n) is 11.7. The standard InChI is InChI=1S/C25H37BrN4O3Si/c1-15-12-16(13-20(25(15,5)32)33-34(6,7)24(2,3)4)17-10-11-28-14-19(17)29-23(31)22-18(27)8-9-21(26)30-22/h8-11,14-16,20,32H,12-13,27H2,1-7H3,(H,29,31)/t15-,16+,20+,25+/m0/s1. The number of rotatable bonds is 5. The van der Waals surface area contributed by atoms with Crippen LogP contribution >= 0.6 is 15.9 Å². The predicted molar refractivity (Wildman–Crippen MR) is 142 cm³/mol. The molecule has 1 aliphatic carbocycles. The van der Waals surface area contributed by atoms with E-state index in [0.29, 0.717) is 22.4 Å². The summed E-state index contributed by atoms with van der Waals surface area (Å²) in [5.41, 5.74) is 7.11. The van der Waals surface area contributed by atoms with E-state index in [0.717, 1.165) is 12.0 Å². The van der Waals surface area contributed by atoms with Crippen LogP contribution in [0.15, 0.2) is 35.2 Å². The van der Waals surface area contributed by atoms with Crippen molar-refractivity contribution in [3.05, 3.63) is 46.5 Å². The van der Waals surface area contributed by atoms with Gasteiger partial charge in [-0.3, -0.25) is 9.78 Å². The van der Waals surface area contributed by atoms with E-state index in [9.17, 15) is 9.90 Å². The van der Waals surface area contributed by atoms with Crippen molar-refractivity contribution in [3.8, 4) is 0 Å². The second-order valence-corrected chi connectivity index (χ2v) is 16.7. The normalized spacial score (nSPS) is 25.7. The SMILES string of the molecule is C[C@H]1C[C@@H](c2ccncc2NC(=O)c2nc(Br)ccc2N)C[C@@H](O[Si](C)(C)C(C)(C)C)[C@]1(C)O. The zero-order chi connectivity index (χ0) is 25.5. The first kappa shape index (κ1) is 26.8. The third-order valence-corrected chi connectivity index (χ3v) is 12.6. The monoisotopic (exact) mass is 548 g/mol. The maximum atomic E-state index is 13.0. The second kappa shape index (κ2) is 9.68. The molecule has 2 heterocycles. The molecule has 0 radical (unpaired) electrons. The van der Waals surface area contributed by atoms with Crippen molar-refractivity contribution in [1.82, 2.24) is 9.97 Å². The number of hydrogen-bond donors (Lipinski definition) is 3. The molecule has 1 fully saturated rings. The highest BCUT2D eigenvalue weighted by atomic mass is 79.9. The van der Waals surface area contributed by atoms with E-state index in [1.54, 1.807) is 24.5 Å². The van der Waals surface area contributed by atoms with E-state index >= 15 is 0 Å². The lowest BCUT2D eigenvalue weighted by molar-refractivity contribution is -0.117. The number of amides is 1. The van der Waals surface area contributed by atoms with Crippen molar-refractivity contribution in [3.63, 3.8) is 0 Å². The third-order valence-electron chi connectivity index (χ3n) is 7.68. The molecule has 9 heteroatoms. The fourth-order valence-corrected chi connectivity index (χ4v) is 5.91. The number of anilines is 2. The molecular formula is C25H37BrN4O3Si. The average Bonchev–Trinajstić information content (AvgIpc) is 2.72. The van der Waals surface area contributed by atoms with Crippen LogP contribution in [0.25, 0.3) is 0 Å². The van der Waals surface area contributed by atoms with Crippen LogP contribution in [0.1, 0.15) is 69.4 Å². The van der Waals surface area contributed by atoms with Crippen LogP contribution in [0.3, 0.4) is 0 Å². The number of carbonyl (C=O) groups excluding carboxylic acids is 1. The van der Waals surface area contributed by atoms with E-state index in [4.69, 9.17) is 10.2 Å². The zero-order valence-electron chi connectivity index (χ0n) is 21.1. The lowest BCUT2D eigenvalue weighted by atomic mass is 9.69. The molecule has 0 aliphatic heterocycles. The number of pyridine rings is 2. The smallest absolute Gasteiger partial charge is 0.276 e. The molecule has 2 aromatic rings. The first-order valence-corrected chi connectivity index (χ1v) is 15.4. The Bertz CT molecular complexity index is 1050. The van der Waals surface area contributed by atoms with Crippen molar-refractivity contribution < 1.29 is 14.3 Å². The van der Waals surface area contributed by atoms with Crippen LogP contribution in [0.4, 0.5) is 11.4 Å². The molecule has 186 valence electrons. The van der Waals surface area contributed by atoms with Crippen molar-refractivity contribution >= 4 is 41.5 Å². The number of nitrogen functional groups attached to an aromatic ring is 1. The summed E-state index contributed by atoms with van der Waals surface area (Å²) in [5, 5.41) is 14.4. The van der Waals surface area contributed by atoms with Crippen molar-refractivity contribution in [2.75, 3.05) is 11.1 Å². The highest BCUT2D eigenvalue weighted by molar-refractivity contribution is 9.10. The molecule has 0 spiro atoms. The topological polar surface area (TPSA) is 110 Å². The van der Waals surface area contributed by atoms with Gasteiger partial charge in [-0.2, -0.15) is 0 Å². The summed E-state index contributed by atoms with van der Waals surface area (Å²) in [6.07, 6.45) is 4.52. The van der Waals surface area contributed by atoms with Gasteiger partial charge < -0.3 is 20.6 Å². The number of halogens is 1. The first-order chi connectivity index (χ1) is 15.6. The molecular weight excluding hydrogens is 512 g/mol. The molecule has 1 amide bonds. The molecule has 0 bridgehead atoms. The van der Waals surface area contributed by atoms with Crippen LogP contribution < -0.4 is 11.1 Å². The summed E-state index contributed by atoms with van der Waals surface area (Å²) < 4.78 is 7.29. The summed E-state index contributed by atoms with van der Waals surface area (Å²) in [5.74, 6) is -0.283. The molecule has 0 aromatic carbocycles. The molecule has 0 saturated heterocycles. The Morgan fingerprint density at radius 2 is 1.97 bits per heavy atom. The van der Waals surface area contributed by atoms with Crippen LogP contribution in [-0.2, 0) is 4.43 Å². The molecule has 34 heavy (non-hydrogen) atoms. The van der Waals surface area contributed by atoms with Crippen LogP contribution in [0.2, 0.25) is 18.1 Å². The van der Waals surface area contributed by atoms with Gasteiger partial charge in [0.15, 0.2) is 14.0 Å². The van der Waals surface area contributed by atoms with E-state index in [-0.39, 0.29) is 28.7 Å². The molecule has 4 N–H and O–H groups in total. The molecule has 3 rings (SSSR count). The molecule has 1 aliphatic rings. The fourth-order valence-electron chi connectivity index (χ4n) is 4.20. The van der Waals surface area contributed by atoms with E-state index < -0.39 is 19.8 Å². The predicted octanol–water partition coefficient (Wildman–Crippen LogP) is 5.73. The van der Waals surface area contributed by atoms with Gasteiger partial charge in [-0.1, -0.05) is 27.7 Å². The van der Waals surface area contributed by atoms with Crippen LogP contribution in [-0.4, -0.2) is 41.0 Å². The zero-order valence-corrected chi connectivity index (χ0v) is 23.7. The molecule has 2 aromatic heterocycles. The number of nitrogens with two attached hydrogens (primary N) is 1. The van der Waals surface area contributed by atoms with Crippen molar-refractivity contribution in [2.45, 2.75) is 83.2 Å². The van der Waals surface area contributed by atoms with Gasteiger partial charge in [0, 0.05) is 6.20 Å². The maximum absolute atomic E-state index is 13.0. The molecule has 4 atom stereocenters. The van der Waals surface area contributed by atoms with E-state index in [1.807, 2.05) is 13.0 Å².